The maximum atomic E-state index is 12.4. The zero-order valence-electron chi connectivity index (χ0n) is 10.5. The zero-order valence-corrected chi connectivity index (χ0v) is 11.2. The second-order valence-corrected chi connectivity index (χ2v) is 5.67. The summed E-state index contributed by atoms with van der Waals surface area (Å²) in [5, 5.41) is 3.52. The molecule has 4 nitrogen and oxygen atoms in total. The lowest BCUT2D eigenvalue weighted by molar-refractivity contribution is -0.131. The molecule has 100 valence electrons. The summed E-state index contributed by atoms with van der Waals surface area (Å²) >= 11 is 5.82. The van der Waals surface area contributed by atoms with Gasteiger partial charge in [0.15, 0.2) is 0 Å². The number of benzene rings is 1. The monoisotopic (exact) mass is 278 g/mol. The zero-order chi connectivity index (χ0) is 13.5. The lowest BCUT2D eigenvalue weighted by Gasteiger charge is -2.20. The summed E-state index contributed by atoms with van der Waals surface area (Å²) in [6.07, 6.45) is 3.52. The Morgan fingerprint density at radius 1 is 1.16 bits per heavy atom. The second kappa shape index (κ2) is 4.53. The molecule has 3 rings (SSSR count). The summed E-state index contributed by atoms with van der Waals surface area (Å²) in [6.45, 7) is 0.309. The average Bonchev–Trinajstić information content (AvgIpc) is 2.94. The van der Waals surface area contributed by atoms with Crippen molar-refractivity contribution in [2.75, 3.05) is 0 Å². The number of carbonyl (C=O) groups is 2. The number of nitrogens with one attached hydrogen (secondary N) is 1. The molecule has 0 atom stereocenters. The lowest BCUT2D eigenvalue weighted by Crippen LogP contribution is -2.44. The second-order valence-electron chi connectivity index (χ2n) is 5.24. The first kappa shape index (κ1) is 12.5. The smallest absolute Gasteiger partial charge is 0.323 e. The first-order chi connectivity index (χ1) is 9.11. The molecule has 1 aliphatic carbocycles. The van der Waals surface area contributed by atoms with Crippen LogP contribution >= 0.6 is 11.6 Å². The molecule has 1 spiro atoms. The molecule has 1 saturated carbocycles. The lowest BCUT2D eigenvalue weighted by atomic mass is 9.98. The van der Waals surface area contributed by atoms with Crippen molar-refractivity contribution < 1.29 is 9.59 Å². The average molecular weight is 279 g/mol. The van der Waals surface area contributed by atoms with E-state index in [1.807, 2.05) is 12.1 Å². The van der Waals surface area contributed by atoms with Crippen molar-refractivity contribution in [3.05, 3.63) is 34.9 Å². The minimum absolute atomic E-state index is 0.0787. The van der Waals surface area contributed by atoms with Gasteiger partial charge in [0, 0.05) is 5.02 Å². The Morgan fingerprint density at radius 2 is 1.79 bits per heavy atom. The van der Waals surface area contributed by atoms with E-state index in [9.17, 15) is 9.59 Å². The molecule has 19 heavy (non-hydrogen) atoms. The summed E-state index contributed by atoms with van der Waals surface area (Å²) in [4.78, 5) is 25.7. The predicted molar refractivity (Wildman–Crippen MR) is 71.7 cm³/mol. The maximum Gasteiger partial charge on any atom is 0.325 e. The Kier molecular flexibility index (Phi) is 2.97. The largest absolute Gasteiger partial charge is 0.325 e. The highest BCUT2D eigenvalue weighted by Gasteiger charge is 2.52. The molecule has 1 aliphatic heterocycles. The van der Waals surface area contributed by atoms with Crippen LogP contribution in [0.3, 0.4) is 0 Å². The van der Waals surface area contributed by atoms with Gasteiger partial charge >= 0.3 is 6.03 Å². The van der Waals surface area contributed by atoms with E-state index in [0.717, 1.165) is 31.2 Å². The van der Waals surface area contributed by atoms with Gasteiger partial charge < -0.3 is 5.32 Å². The van der Waals surface area contributed by atoms with E-state index in [1.165, 1.54) is 4.90 Å². The number of hydrogen-bond acceptors (Lipinski definition) is 2. The van der Waals surface area contributed by atoms with Crippen molar-refractivity contribution in [2.45, 2.75) is 37.8 Å². The molecule has 0 radical (unpaired) electrons. The summed E-state index contributed by atoms with van der Waals surface area (Å²) in [5.41, 5.74) is 0.284. The van der Waals surface area contributed by atoms with E-state index in [0.29, 0.717) is 11.6 Å². The minimum atomic E-state index is -0.622. The minimum Gasteiger partial charge on any atom is -0.323 e. The number of rotatable bonds is 2. The van der Waals surface area contributed by atoms with Gasteiger partial charge in [0.1, 0.15) is 5.54 Å². The number of carbonyl (C=O) groups excluding carboxylic acids is 2. The van der Waals surface area contributed by atoms with Crippen LogP contribution in [0.5, 0.6) is 0 Å². The van der Waals surface area contributed by atoms with E-state index < -0.39 is 5.54 Å². The van der Waals surface area contributed by atoms with Crippen LogP contribution in [-0.2, 0) is 11.3 Å². The van der Waals surface area contributed by atoms with Crippen LogP contribution < -0.4 is 5.32 Å². The van der Waals surface area contributed by atoms with E-state index in [1.54, 1.807) is 12.1 Å². The molecule has 0 aromatic heterocycles. The molecule has 2 aliphatic rings. The third-order valence-electron chi connectivity index (χ3n) is 3.96. The standard InChI is InChI=1S/C14H15ClN2O2/c15-11-5-3-10(4-6-11)9-17-12(18)14(16-13(17)19)7-1-2-8-14/h3-6H,1-2,7-9H2,(H,16,19). The van der Waals surface area contributed by atoms with E-state index >= 15 is 0 Å². The molecule has 0 bridgehead atoms. The van der Waals surface area contributed by atoms with Gasteiger partial charge in [-0.1, -0.05) is 36.6 Å². The summed E-state index contributed by atoms with van der Waals surface area (Å²) in [6, 6.07) is 6.92. The Hall–Kier alpha value is -1.55. The number of amides is 3. The number of nitrogens with zero attached hydrogens (tertiary/aromatic N) is 1. The van der Waals surface area contributed by atoms with Crippen LogP contribution in [0.15, 0.2) is 24.3 Å². The SMILES string of the molecule is O=C1NC2(CCCC2)C(=O)N1Cc1ccc(Cl)cc1. The van der Waals surface area contributed by atoms with Crippen LogP contribution in [0.25, 0.3) is 0 Å². The van der Waals surface area contributed by atoms with Crippen LogP contribution in [0.2, 0.25) is 5.02 Å². The summed E-state index contributed by atoms with van der Waals surface area (Å²) in [5.74, 6) is -0.0787. The third-order valence-corrected chi connectivity index (χ3v) is 4.21. The Morgan fingerprint density at radius 3 is 2.42 bits per heavy atom. The summed E-state index contributed by atoms with van der Waals surface area (Å²) in [7, 11) is 0. The first-order valence-electron chi connectivity index (χ1n) is 6.49. The number of hydrogen-bond donors (Lipinski definition) is 1. The number of imide groups is 1. The van der Waals surface area contributed by atoms with Gasteiger partial charge in [-0.2, -0.15) is 0 Å². The van der Waals surface area contributed by atoms with Crippen molar-refractivity contribution in [1.82, 2.24) is 10.2 Å². The summed E-state index contributed by atoms with van der Waals surface area (Å²) < 4.78 is 0. The molecular formula is C14H15ClN2O2. The number of urea groups is 1. The molecule has 1 aromatic carbocycles. The molecule has 1 aromatic rings. The molecular weight excluding hydrogens is 264 g/mol. The molecule has 1 heterocycles. The van der Waals surface area contributed by atoms with Crippen molar-refractivity contribution in [3.63, 3.8) is 0 Å². The highest BCUT2D eigenvalue weighted by Crippen LogP contribution is 2.35. The van der Waals surface area contributed by atoms with Gasteiger partial charge in [-0.15, -0.1) is 0 Å². The van der Waals surface area contributed by atoms with Crippen LogP contribution in [-0.4, -0.2) is 22.4 Å². The van der Waals surface area contributed by atoms with Gasteiger partial charge in [0.25, 0.3) is 5.91 Å². The fraction of sp³-hybridized carbons (Fsp3) is 0.429. The fourth-order valence-corrected chi connectivity index (χ4v) is 3.04. The van der Waals surface area contributed by atoms with E-state index in [2.05, 4.69) is 5.32 Å². The van der Waals surface area contributed by atoms with Crippen molar-refractivity contribution in [1.29, 1.82) is 0 Å². The van der Waals surface area contributed by atoms with Crippen molar-refractivity contribution in [2.24, 2.45) is 0 Å². The highest BCUT2D eigenvalue weighted by atomic mass is 35.5. The van der Waals surface area contributed by atoms with Gasteiger partial charge in [-0.3, -0.25) is 9.69 Å². The Labute approximate surface area is 116 Å². The van der Waals surface area contributed by atoms with Crippen LogP contribution in [0.1, 0.15) is 31.2 Å². The van der Waals surface area contributed by atoms with Crippen molar-refractivity contribution >= 4 is 23.5 Å². The Balaban J connectivity index is 1.79. The third kappa shape index (κ3) is 2.10. The fourth-order valence-electron chi connectivity index (χ4n) is 2.91. The molecule has 1 saturated heterocycles. The highest BCUT2D eigenvalue weighted by molar-refractivity contribution is 6.30. The molecule has 0 unspecified atom stereocenters. The van der Waals surface area contributed by atoms with E-state index in [4.69, 9.17) is 11.6 Å². The topological polar surface area (TPSA) is 49.4 Å². The van der Waals surface area contributed by atoms with Crippen molar-refractivity contribution in [3.8, 4) is 0 Å². The van der Waals surface area contributed by atoms with Gasteiger partial charge in [-0.05, 0) is 30.5 Å². The molecule has 5 heteroatoms. The van der Waals surface area contributed by atoms with Gasteiger partial charge in [-0.25, -0.2) is 4.79 Å². The van der Waals surface area contributed by atoms with Crippen LogP contribution in [0.4, 0.5) is 4.79 Å². The Bertz CT molecular complexity index is 521. The normalized spacial score (nSPS) is 21.2. The quantitative estimate of drug-likeness (QED) is 0.846. The van der Waals surface area contributed by atoms with Crippen LogP contribution in [0, 0.1) is 0 Å². The predicted octanol–water partition coefficient (Wildman–Crippen LogP) is 2.70. The molecule has 3 amide bonds. The van der Waals surface area contributed by atoms with Gasteiger partial charge in [0.05, 0.1) is 6.54 Å². The molecule has 2 fully saturated rings. The molecule has 1 N–H and O–H groups in total. The van der Waals surface area contributed by atoms with Gasteiger partial charge in [0.2, 0.25) is 0 Å². The van der Waals surface area contributed by atoms with E-state index in [-0.39, 0.29) is 11.9 Å². The maximum absolute atomic E-state index is 12.4. The first-order valence-corrected chi connectivity index (χ1v) is 6.87. The number of halogens is 1.